The number of aryl methyl sites for hydroxylation is 1. The van der Waals surface area contributed by atoms with Crippen molar-refractivity contribution in [3.05, 3.63) is 65.0 Å². The minimum atomic E-state index is 0.0613. The van der Waals surface area contributed by atoms with Crippen molar-refractivity contribution >= 4 is 21.6 Å². The van der Waals surface area contributed by atoms with Crippen molar-refractivity contribution in [2.45, 2.75) is 38.8 Å². The van der Waals surface area contributed by atoms with E-state index in [4.69, 9.17) is 9.40 Å². The molecule has 0 aliphatic carbocycles. The van der Waals surface area contributed by atoms with Crippen molar-refractivity contribution in [2.24, 2.45) is 0 Å². The Morgan fingerprint density at radius 2 is 1.93 bits per heavy atom. The van der Waals surface area contributed by atoms with E-state index < -0.39 is 0 Å². The second kappa shape index (κ2) is 7.11. The maximum absolute atomic E-state index is 6.05. The lowest BCUT2D eigenvalue weighted by Crippen LogP contribution is -2.26. The second-order valence-electron chi connectivity index (χ2n) is 7.40. The van der Waals surface area contributed by atoms with Crippen molar-refractivity contribution in [3.8, 4) is 11.5 Å². The third-order valence-corrected chi connectivity index (χ3v) is 6.62. The lowest BCUT2D eigenvalue weighted by molar-refractivity contribution is 0.168. The molecule has 2 aromatic heterocycles. The Morgan fingerprint density at radius 1 is 1.11 bits per heavy atom. The van der Waals surface area contributed by atoms with E-state index >= 15 is 0 Å². The summed E-state index contributed by atoms with van der Waals surface area (Å²) in [7, 11) is 0. The Hall–Kier alpha value is -2.57. The maximum atomic E-state index is 6.05. The minimum Gasteiger partial charge on any atom is -0.419 e. The van der Waals surface area contributed by atoms with Crippen molar-refractivity contribution in [2.75, 3.05) is 6.54 Å². The van der Waals surface area contributed by atoms with Crippen LogP contribution in [-0.2, 0) is 0 Å². The molecule has 1 aliphatic heterocycles. The molecule has 6 heteroatoms. The number of likely N-dealkylation sites (tertiary alicyclic amines) is 1. The quantitative estimate of drug-likeness (QED) is 0.457. The van der Waals surface area contributed by atoms with Crippen molar-refractivity contribution in [3.63, 3.8) is 0 Å². The highest BCUT2D eigenvalue weighted by molar-refractivity contribution is 7.18. The van der Waals surface area contributed by atoms with Gasteiger partial charge in [-0.3, -0.25) is 4.90 Å². The number of fused-ring (bicyclic) bond motifs is 1. The predicted molar refractivity (Wildman–Crippen MR) is 111 cm³/mol. The van der Waals surface area contributed by atoms with Crippen molar-refractivity contribution < 1.29 is 4.42 Å². The van der Waals surface area contributed by atoms with Crippen molar-refractivity contribution in [1.29, 1.82) is 0 Å². The first-order valence-corrected chi connectivity index (χ1v) is 10.5. The van der Waals surface area contributed by atoms with Gasteiger partial charge in [-0.2, -0.15) is 0 Å². The van der Waals surface area contributed by atoms with E-state index in [1.165, 1.54) is 15.3 Å². The van der Waals surface area contributed by atoms with Crippen LogP contribution < -0.4 is 0 Å². The molecule has 1 saturated heterocycles. The zero-order valence-corrected chi connectivity index (χ0v) is 16.8. The highest BCUT2D eigenvalue weighted by Crippen LogP contribution is 2.41. The number of aromatic nitrogens is 3. The average molecular weight is 391 g/mol. The zero-order valence-electron chi connectivity index (χ0n) is 16.0. The normalized spacial score (nSPS) is 18.7. The predicted octanol–water partition coefficient (Wildman–Crippen LogP) is 5.55. The summed E-state index contributed by atoms with van der Waals surface area (Å²) in [6, 6.07) is 16.9. The summed E-state index contributed by atoms with van der Waals surface area (Å²) in [6.07, 6.45) is 2.27. The van der Waals surface area contributed by atoms with Gasteiger partial charge in [0.2, 0.25) is 11.8 Å². The largest absolute Gasteiger partial charge is 0.419 e. The van der Waals surface area contributed by atoms with E-state index in [2.05, 4.69) is 59.3 Å². The highest BCUT2D eigenvalue weighted by Gasteiger charge is 2.34. The smallest absolute Gasteiger partial charge is 0.247 e. The monoisotopic (exact) mass is 390 g/mol. The summed E-state index contributed by atoms with van der Waals surface area (Å²) < 4.78 is 7.29. The summed E-state index contributed by atoms with van der Waals surface area (Å²) in [5.74, 6) is 1.25. The van der Waals surface area contributed by atoms with E-state index in [0.29, 0.717) is 17.8 Å². The van der Waals surface area contributed by atoms with Gasteiger partial charge in [-0.25, -0.2) is 4.98 Å². The fourth-order valence-corrected chi connectivity index (χ4v) is 5.03. The van der Waals surface area contributed by atoms with Gasteiger partial charge in [-0.05, 0) is 57.5 Å². The summed E-state index contributed by atoms with van der Waals surface area (Å²) in [4.78, 5) is 7.34. The molecule has 1 aliphatic rings. The van der Waals surface area contributed by atoms with Crippen LogP contribution in [0.5, 0.6) is 0 Å². The van der Waals surface area contributed by atoms with Gasteiger partial charge in [0.25, 0.3) is 0 Å². The molecule has 0 spiro atoms. The molecule has 3 heterocycles. The Morgan fingerprint density at radius 3 is 2.75 bits per heavy atom. The van der Waals surface area contributed by atoms with Crippen LogP contribution in [0.25, 0.3) is 21.7 Å². The van der Waals surface area contributed by atoms with Crippen LogP contribution in [-0.4, -0.2) is 26.6 Å². The molecule has 0 bridgehead atoms. The lowest BCUT2D eigenvalue weighted by atomic mass is 10.1. The Labute approximate surface area is 168 Å². The number of hydrogen-bond acceptors (Lipinski definition) is 6. The van der Waals surface area contributed by atoms with Gasteiger partial charge >= 0.3 is 0 Å². The molecule has 0 saturated carbocycles. The number of rotatable bonds is 4. The molecule has 4 aromatic rings. The van der Waals surface area contributed by atoms with Crippen molar-refractivity contribution in [1.82, 2.24) is 20.1 Å². The standard InChI is InChI=1S/C22H22N4OS/c1-14-9-11-16(12-10-14)21-25-24-20(27-21)15(2)26-13-5-7-18(26)22-23-17-6-3-4-8-19(17)28-22/h3-4,6,8-12,15,18H,5,7,13H2,1-2H3. The molecule has 2 atom stereocenters. The fourth-order valence-electron chi connectivity index (χ4n) is 3.91. The van der Waals surface area contributed by atoms with E-state index in [1.807, 2.05) is 18.2 Å². The molecule has 28 heavy (non-hydrogen) atoms. The van der Waals surface area contributed by atoms with E-state index in [1.54, 1.807) is 11.3 Å². The Kier molecular flexibility index (Phi) is 4.45. The first-order chi connectivity index (χ1) is 13.7. The molecule has 2 aromatic carbocycles. The van der Waals surface area contributed by atoms with Crippen LogP contribution in [0, 0.1) is 6.92 Å². The summed E-state index contributed by atoms with van der Waals surface area (Å²) in [5.41, 5.74) is 3.26. The minimum absolute atomic E-state index is 0.0613. The molecule has 1 fully saturated rings. The first kappa shape index (κ1) is 17.5. The molecule has 0 N–H and O–H groups in total. The first-order valence-electron chi connectivity index (χ1n) is 9.71. The molecule has 5 rings (SSSR count). The molecular formula is C22H22N4OS. The number of thiazole rings is 1. The maximum Gasteiger partial charge on any atom is 0.247 e. The van der Waals surface area contributed by atoms with Gasteiger partial charge in [0.05, 0.1) is 22.3 Å². The van der Waals surface area contributed by atoms with E-state index in [0.717, 1.165) is 30.5 Å². The van der Waals surface area contributed by atoms with Crippen LogP contribution in [0.2, 0.25) is 0 Å². The molecular weight excluding hydrogens is 368 g/mol. The molecule has 5 nitrogen and oxygen atoms in total. The summed E-state index contributed by atoms with van der Waals surface area (Å²) >= 11 is 1.79. The van der Waals surface area contributed by atoms with Gasteiger partial charge in [0.1, 0.15) is 5.01 Å². The van der Waals surface area contributed by atoms with Gasteiger partial charge in [0.15, 0.2) is 0 Å². The highest BCUT2D eigenvalue weighted by atomic mass is 32.1. The summed E-state index contributed by atoms with van der Waals surface area (Å²) in [6.45, 7) is 5.24. The average Bonchev–Trinajstić information content (AvgIpc) is 3.46. The van der Waals surface area contributed by atoms with Gasteiger partial charge < -0.3 is 4.42 Å². The summed E-state index contributed by atoms with van der Waals surface area (Å²) in [5, 5.41) is 9.82. The fraction of sp³-hybridized carbons (Fsp3) is 0.318. The van der Waals surface area contributed by atoms with Gasteiger partial charge in [-0.1, -0.05) is 29.8 Å². The van der Waals surface area contributed by atoms with Crippen LogP contribution >= 0.6 is 11.3 Å². The van der Waals surface area contributed by atoms with E-state index in [-0.39, 0.29) is 6.04 Å². The molecule has 142 valence electrons. The van der Waals surface area contributed by atoms with Gasteiger partial charge in [-0.15, -0.1) is 21.5 Å². The van der Waals surface area contributed by atoms with Crippen LogP contribution in [0.1, 0.15) is 48.3 Å². The Bertz CT molecular complexity index is 1070. The third-order valence-electron chi connectivity index (χ3n) is 5.48. The lowest BCUT2D eigenvalue weighted by Gasteiger charge is -2.27. The van der Waals surface area contributed by atoms with E-state index in [9.17, 15) is 0 Å². The third kappa shape index (κ3) is 3.12. The topological polar surface area (TPSA) is 55.1 Å². The van der Waals surface area contributed by atoms with Crippen LogP contribution in [0.3, 0.4) is 0 Å². The number of para-hydroxylation sites is 1. The van der Waals surface area contributed by atoms with Crippen LogP contribution in [0.15, 0.2) is 52.9 Å². The number of nitrogens with zero attached hydrogens (tertiary/aromatic N) is 4. The molecule has 2 unspecified atom stereocenters. The molecule has 0 radical (unpaired) electrons. The second-order valence-corrected chi connectivity index (χ2v) is 8.47. The van der Waals surface area contributed by atoms with Gasteiger partial charge in [0, 0.05) is 5.56 Å². The molecule has 0 amide bonds. The zero-order chi connectivity index (χ0) is 19.1. The number of hydrogen-bond donors (Lipinski definition) is 0. The Balaban J connectivity index is 1.41. The SMILES string of the molecule is Cc1ccc(-c2nnc(C(C)N3CCCC3c3nc4ccccc4s3)o2)cc1. The van der Waals surface area contributed by atoms with Crippen LogP contribution in [0.4, 0.5) is 0 Å². The number of benzene rings is 2.